The molecule has 4 nitrogen and oxygen atoms in total. The van der Waals surface area contributed by atoms with Gasteiger partial charge in [-0.25, -0.2) is 17.2 Å². The number of carbonyl (C=O) groups excluding carboxylic acids is 1. The number of para-hydroxylation sites is 1. The van der Waals surface area contributed by atoms with E-state index in [9.17, 15) is 30.8 Å². The minimum absolute atomic E-state index is 0.256. The SMILES string of the molecule is O=C(CSc1ccc(F)c(F)c1)Nc1ccccc1S(=O)(=O)C(F)F. The Morgan fingerprint density at radius 2 is 1.76 bits per heavy atom. The Hall–Kier alpha value is -2.07. The fourth-order valence-corrected chi connectivity index (χ4v) is 3.42. The first-order valence-electron chi connectivity index (χ1n) is 6.70. The highest BCUT2D eigenvalue weighted by Gasteiger charge is 2.29. The second kappa shape index (κ2) is 7.87. The van der Waals surface area contributed by atoms with Gasteiger partial charge in [-0.3, -0.25) is 4.79 Å². The van der Waals surface area contributed by atoms with E-state index in [1.807, 2.05) is 0 Å². The molecule has 0 aliphatic carbocycles. The van der Waals surface area contributed by atoms with Crippen molar-refractivity contribution in [2.45, 2.75) is 15.5 Å². The van der Waals surface area contributed by atoms with Gasteiger partial charge < -0.3 is 5.32 Å². The van der Waals surface area contributed by atoms with Crippen molar-refractivity contribution in [1.29, 1.82) is 0 Å². The highest BCUT2D eigenvalue weighted by atomic mass is 32.2. The zero-order valence-electron chi connectivity index (χ0n) is 12.4. The Bertz CT molecular complexity index is 888. The Balaban J connectivity index is 2.10. The minimum Gasteiger partial charge on any atom is -0.324 e. The molecule has 0 bridgehead atoms. The van der Waals surface area contributed by atoms with Gasteiger partial charge in [0.2, 0.25) is 15.7 Å². The minimum atomic E-state index is -4.88. The first-order valence-corrected chi connectivity index (χ1v) is 9.24. The summed E-state index contributed by atoms with van der Waals surface area (Å²) in [5.74, 6) is -6.67. The Labute approximate surface area is 145 Å². The molecule has 0 aliphatic heterocycles. The molecule has 0 aromatic heterocycles. The monoisotopic (exact) mass is 393 g/mol. The number of thioether (sulfide) groups is 1. The van der Waals surface area contributed by atoms with Gasteiger partial charge in [-0.05, 0) is 30.3 Å². The number of benzene rings is 2. The number of anilines is 1. The zero-order valence-corrected chi connectivity index (χ0v) is 14.0. The molecule has 0 fully saturated rings. The van der Waals surface area contributed by atoms with Crippen molar-refractivity contribution in [2.75, 3.05) is 11.1 Å². The van der Waals surface area contributed by atoms with E-state index in [0.29, 0.717) is 0 Å². The van der Waals surface area contributed by atoms with Crippen LogP contribution in [0, 0.1) is 11.6 Å². The fraction of sp³-hybridized carbons (Fsp3) is 0.133. The molecule has 0 saturated heterocycles. The van der Waals surface area contributed by atoms with Crippen molar-refractivity contribution in [3.05, 3.63) is 54.1 Å². The van der Waals surface area contributed by atoms with Crippen LogP contribution in [0.25, 0.3) is 0 Å². The van der Waals surface area contributed by atoms with Gasteiger partial charge in [0.1, 0.15) is 0 Å². The maximum Gasteiger partial charge on any atom is 0.341 e. The molecule has 2 aromatic rings. The number of sulfone groups is 1. The lowest BCUT2D eigenvalue weighted by Crippen LogP contribution is -2.19. The van der Waals surface area contributed by atoms with Gasteiger partial charge in [-0.15, -0.1) is 11.8 Å². The van der Waals surface area contributed by atoms with Crippen LogP contribution in [-0.2, 0) is 14.6 Å². The molecular weight excluding hydrogens is 382 g/mol. The Morgan fingerprint density at radius 3 is 2.40 bits per heavy atom. The average Bonchev–Trinajstić information content (AvgIpc) is 2.56. The van der Waals surface area contributed by atoms with Crippen LogP contribution in [0.2, 0.25) is 0 Å². The van der Waals surface area contributed by atoms with Crippen LogP contribution < -0.4 is 5.32 Å². The van der Waals surface area contributed by atoms with E-state index in [4.69, 9.17) is 0 Å². The predicted molar refractivity (Wildman–Crippen MR) is 85.3 cm³/mol. The first kappa shape index (κ1) is 19.3. The number of hydrogen-bond acceptors (Lipinski definition) is 4. The highest BCUT2D eigenvalue weighted by Crippen LogP contribution is 2.27. The summed E-state index contributed by atoms with van der Waals surface area (Å²) in [6.07, 6.45) is 0. The molecule has 0 saturated carbocycles. The quantitative estimate of drug-likeness (QED) is 0.601. The number of halogens is 4. The second-order valence-electron chi connectivity index (χ2n) is 4.71. The third kappa shape index (κ3) is 4.73. The van der Waals surface area contributed by atoms with Crippen molar-refractivity contribution in [3.8, 4) is 0 Å². The third-order valence-corrected chi connectivity index (χ3v) is 5.40. The normalized spacial score (nSPS) is 11.6. The van der Waals surface area contributed by atoms with E-state index in [2.05, 4.69) is 5.32 Å². The summed E-state index contributed by atoms with van der Waals surface area (Å²) in [6, 6.07) is 7.84. The molecule has 0 unspecified atom stereocenters. The van der Waals surface area contributed by atoms with Crippen molar-refractivity contribution in [2.24, 2.45) is 0 Å². The van der Waals surface area contributed by atoms with Crippen LogP contribution >= 0.6 is 11.8 Å². The molecular formula is C15H11F4NO3S2. The molecule has 1 N–H and O–H groups in total. The van der Waals surface area contributed by atoms with Gasteiger partial charge in [-0.1, -0.05) is 12.1 Å². The maximum atomic E-state index is 13.1. The lowest BCUT2D eigenvalue weighted by Gasteiger charge is -2.11. The molecule has 2 rings (SSSR count). The molecule has 1 amide bonds. The van der Waals surface area contributed by atoms with Gasteiger partial charge in [0.05, 0.1) is 16.3 Å². The lowest BCUT2D eigenvalue weighted by molar-refractivity contribution is -0.113. The first-order chi connectivity index (χ1) is 11.7. The van der Waals surface area contributed by atoms with E-state index in [1.165, 1.54) is 24.3 Å². The van der Waals surface area contributed by atoms with Crippen molar-refractivity contribution >= 4 is 33.2 Å². The predicted octanol–water partition coefficient (Wildman–Crippen LogP) is 3.69. The van der Waals surface area contributed by atoms with Crippen LogP contribution in [0.15, 0.2) is 52.3 Å². The number of hydrogen-bond donors (Lipinski definition) is 1. The molecule has 0 spiro atoms. The van der Waals surface area contributed by atoms with Crippen molar-refractivity contribution < 1.29 is 30.8 Å². The third-order valence-electron chi connectivity index (χ3n) is 2.96. The average molecular weight is 393 g/mol. The Kier molecular flexibility index (Phi) is 6.07. The second-order valence-corrected chi connectivity index (χ2v) is 7.65. The summed E-state index contributed by atoms with van der Waals surface area (Å²) >= 11 is 0.874. The molecule has 0 atom stereocenters. The molecule has 25 heavy (non-hydrogen) atoms. The number of rotatable bonds is 6. The van der Waals surface area contributed by atoms with Crippen LogP contribution in [0.3, 0.4) is 0 Å². The smallest absolute Gasteiger partial charge is 0.324 e. The van der Waals surface area contributed by atoms with Crippen LogP contribution in [0.1, 0.15) is 0 Å². The standard InChI is InChI=1S/C15H11F4NO3S2/c16-10-6-5-9(7-11(10)17)24-8-14(21)20-12-3-1-2-4-13(12)25(22,23)15(18)19/h1-7,15H,8H2,(H,20,21). The van der Waals surface area contributed by atoms with E-state index in [-0.39, 0.29) is 16.3 Å². The van der Waals surface area contributed by atoms with Gasteiger partial charge in [0, 0.05) is 4.90 Å². The van der Waals surface area contributed by atoms with Gasteiger partial charge in [0.15, 0.2) is 11.6 Å². The highest BCUT2D eigenvalue weighted by molar-refractivity contribution is 8.00. The number of carbonyl (C=O) groups is 1. The Morgan fingerprint density at radius 1 is 1.08 bits per heavy atom. The molecule has 0 radical (unpaired) electrons. The number of amides is 1. The van der Waals surface area contributed by atoms with Gasteiger partial charge >= 0.3 is 5.76 Å². The fourth-order valence-electron chi connectivity index (χ4n) is 1.82. The van der Waals surface area contributed by atoms with Crippen molar-refractivity contribution in [1.82, 2.24) is 0 Å². The topological polar surface area (TPSA) is 63.2 Å². The summed E-state index contributed by atoms with van der Waals surface area (Å²) in [7, 11) is -4.88. The van der Waals surface area contributed by atoms with Gasteiger partial charge in [0.25, 0.3) is 0 Å². The van der Waals surface area contributed by atoms with Crippen LogP contribution in [0.4, 0.5) is 23.2 Å². The van der Waals surface area contributed by atoms with Crippen LogP contribution in [0.5, 0.6) is 0 Å². The van der Waals surface area contributed by atoms with E-state index < -0.39 is 38.0 Å². The van der Waals surface area contributed by atoms with Gasteiger partial charge in [-0.2, -0.15) is 8.78 Å². The zero-order chi connectivity index (χ0) is 18.6. The summed E-state index contributed by atoms with van der Waals surface area (Å²) < 4.78 is 74.5. The van der Waals surface area contributed by atoms with Crippen molar-refractivity contribution in [3.63, 3.8) is 0 Å². The molecule has 134 valence electrons. The van der Waals surface area contributed by atoms with E-state index in [0.717, 1.165) is 30.0 Å². The largest absolute Gasteiger partial charge is 0.341 e. The molecule has 0 heterocycles. The maximum absolute atomic E-state index is 13.1. The lowest BCUT2D eigenvalue weighted by atomic mass is 10.3. The number of nitrogens with one attached hydrogen (secondary N) is 1. The summed E-state index contributed by atoms with van der Waals surface area (Å²) in [5, 5.41) is 2.23. The molecule has 10 heteroatoms. The van der Waals surface area contributed by atoms with E-state index >= 15 is 0 Å². The molecule has 0 aliphatic rings. The summed E-state index contributed by atoms with van der Waals surface area (Å²) in [4.78, 5) is 11.5. The summed E-state index contributed by atoms with van der Waals surface area (Å²) in [5.41, 5.74) is -0.279. The summed E-state index contributed by atoms with van der Waals surface area (Å²) in [6.45, 7) is 0. The van der Waals surface area contributed by atoms with E-state index in [1.54, 1.807) is 0 Å². The number of alkyl halides is 2. The molecule has 2 aromatic carbocycles. The van der Waals surface area contributed by atoms with Crippen LogP contribution in [-0.4, -0.2) is 25.8 Å².